The van der Waals surface area contributed by atoms with E-state index in [1.54, 1.807) is 0 Å². The maximum absolute atomic E-state index is 13.4. The highest BCUT2D eigenvalue weighted by Gasteiger charge is 2.26. The van der Waals surface area contributed by atoms with E-state index in [1.165, 1.54) is 0 Å². The first kappa shape index (κ1) is 13.9. The van der Waals surface area contributed by atoms with E-state index in [-0.39, 0.29) is 0 Å². The van der Waals surface area contributed by atoms with Gasteiger partial charge in [-0.05, 0) is 0 Å². The number of rotatable bonds is 4. The van der Waals surface area contributed by atoms with Gasteiger partial charge < -0.3 is 4.74 Å². The highest BCUT2D eigenvalue weighted by Crippen LogP contribution is 2.27. The molecule has 1 heterocycles. The van der Waals surface area contributed by atoms with E-state index in [2.05, 4.69) is 9.72 Å². The number of carbonyl (C=O) groups is 1. The van der Waals surface area contributed by atoms with Crippen molar-refractivity contribution >= 4 is 11.7 Å². The van der Waals surface area contributed by atoms with Gasteiger partial charge in [-0.1, -0.05) is 0 Å². The van der Waals surface area contributed by atoms with Gasteiger partial charge in [0.05, 0.1) is 24.0 Å². The monoisotopic (exact) mass is 264 g/mol. The Labute approximate surface area is 98.5 Å². The van der Waals surface area contributed by atoms with Crippen LogP contribution in [0.3, 0.4) is 0 Å². The van der Waals surface area contributed by atoms with Crippen LogP contribution in [-0.4, -0.2) is 23.0 Å². The molecule has 18 heavy (non-hydrogen) atoms. The molecule has 0 unspecified atom stereocenters. The Kier molecular flexibility index (Phi) is 4.18. The summed E-state index contributed by atoms with van der Waals surface area (Å²) in [6, 6.07) is 0.437. The molecule has 1 aromatic heterocycles. The van der Waals surface area contributed by atoms with Crippen molar-refractivity contribution < 1.29 is 27.6 Å². The van der Waals surface area contributed by atoms with Gasteiger partial charge in [0.2, 0.25) is 5.95 Å². The highest BCUT2D eigenvalue weighted by molar-refractivity contribution is 5.74. The third-order valence-electron chi connectivity index (χ3n) is 2.04. The molecule has 0 aromatic carbocycles. The van der Waals surface area contributed by atoms with Crippen LogP contribution >= 0.6 is 0 Å². The SMILES string of the molecule is COC(=O)Cc1c([N+](=O)[O-])cc(C(F)F)nc1F. The third-order valence-corrected chi connectivity index (χ3v) is 2.04. The second-order valence-electron chi connectivity index (χ2n) is 3.15. The fourth-order valence-corrected chi connectivity index (χ4v) is 1.20. The number of pyridine rings is 1. The van der Waals surface area contributed by atoms with E-state index in [9.17, 15) is 28.1 Å². The van der Waals surface area contributed by atoms with E-state index in [4.69, 9.17) is 0 Å². The number of aromatic nitrogens is 1. The molecule has 0 atom stereocenters. The Morgan fingerprint density at radius 2 is 2.22 bits per heavy atom. The normalized spacial score (nSPS) is 10.5. The summed E-state index contributed by atoms with van der Waals surface area (Å²) in [5, 5.41) is 10.6. The van der Waals surface area contributed by atoms with E-state index in [1.807, 2.05) is 0 Å². The van der Waals surface area contributed by atoms with Gasteiger partial charge >= 0.3 is 5.97 Å². The predicted molar refractivity (Wildman–Crippen MR) is 51.5 cm³/mol. The summed E-state index contributed by atoms with van der Waals surface area (Å²) in [7, 11) is 1.01. The molecule has 0 aliphatic heterocycles. The molecular formula is C9H7F3N2O4. The maximum atomic E-state index is 13.4. The van der Waals surface area contributed by atoms with Gasteiger partial charge in [0.1, 0.15) is 5.69 Å². The molecule has 0 radical (unpaired) electrons. The number of alkyl halides is 2. The predicted octanol–water partition coefficient (Wildman–Crippen LogP) is 1.78. The van der Waals surface area contributed by atoms with Crippen LogP contribution in [0.1, 0.15) is 17.7 Å². The molecule has 0 aliphatic rings. The third kappa shape index (κ3) is 2.93. The first-order valence-electron chi connectivity index (χ1n) is 4.55. The number of hydrogen-bond donors (Lipinski definition) is 0. The number of carbonyl (C=O) groups excluding carboxylic acids is 1. The van der Waals surface area contributed by atoms with Crippen LogP contribution in [0.4, 0.5) is 18.9 Å². The van der Waals surface area contributed by atoms with Crippen molar-refractivity contribution in [2.45, 2.75) is 12.8 Å². The first-order chi connectivity index (χ1) is 8.36. The van der Waals surface area contributed by atoms with Gasteiger partial charge in [-0.25, -0.2) is 13.8 Å². The lowest BCUT2D eigenvalue weighted by Gasteiger charge is -2.05. The zero-order valence-corrected chi connectivity index (χ0v) is 9.02. The van der Waals surface area contributed by atoms with Gasteiger partial charge in [-0.2, -0.15) is 4.39 Å². The minimum Gasteiger partial charge on any atom is -0.469 e. The number of nitrogens with zero attached hydrogens (tertiary/aromatic N) is 2. The van der Waals surface area contributed by atoms with Gasteiger partial charge in [0.15, 0.2) is 0 Å². The largest absolute Gasteiger partial charge is 0.469 e. The van der Waals surface area contributed by atoms with E-state index < -0.39 is 46.6 Å². The van der Waals surface area contributed by atoms with Crippen LogP contribution in [0.25, 0.3) is 0 Å². The van der Waals surface area contributed by atoms with Gasteiger partial charge in [0, 0.05) is 6.07 Å². The Morgan fingerprint density at radius 3 is 2.67 bits per heavy atom. The first-order valence-corrected chi connectivity index (χ1v) is 4.55. The number of halogens is 3. The Hall–Kier alpha value is -2.19. The van der Waals surface area contributed by atoms with Crippen molar-refractivity contribution in [3.05, 3.63) is 33.4 Å². The molecule has 0 bridgehead atoms. The summed E-state index contributed by atoms with van der Waals surface area (Å²) in [4.78, 5) is 23.4. The van der Waals surface area contributed by atoms with Gasteiger partial charge in [-0.15, -0.1) is 0 Å². The standard InChI is InChI=1S/C9H7F3N2O4/c1-18-7(15)2-4-6(14(16)17)3-5(8(10)11)13-9(4)12/h3,8H,2H2,1H3. The van der Waals surface area contributed by atoms with E-state index in [0.717, 1.165) is 7.11 Å². The summed E-state index contributed by atoms with van der Waals surface area (Å²) in [5.41, 5.74) is -2.67. The van der Waals surface area contributed by atoms with Crippen molar-refractivity contribution in [2.24, 2.45) is 0 Å². The Morgan fingerprint density at radius 1 is 1.61 bits per heavy atom. The van der Waals surface area contributed by atoms with Crippen LogP contribution < -0.4 is 0 Å². The zero-order valence-electron chi connectivity index (χ0n) is 9.02. The summed E-state index contributed by atoms with van der Waals surface area (Å²) in [5.74, 6) is -2.42. The maximum Gasteiger partial charge on any atom is 0.310 e. The van der Waals surface area contributed by atoms with Crippen LogP contribution in [0.15, 0.2) is 6.07 Å². The minimum atomic E-state index is -3.15. The molecule has 9 heteroatoms. The molecule has 98 valence electrons. The number of methoxy groups -OCH3 is 1. The average molecular weight is 264 g/mol. The topological polar surface area (TPSA) is 82.3 Å². The Bertz CT molecular complexity index is 493. The van der Waals surface area contributed by atoms with Crippen molar-refractivity contribution in [2.75, 3.05) is 7.11 Å². The van der Waals surface area contributed by atoms with Crippen LogP contribution in [0.2, 0.25) is 0 Å². The molecule has 6 nitrogen and oxygen atoms in total. The number of hydrogen-bond acceptors (Lipinski definition) is 5. The summed E-state index contributed by atoms with van der Waals surface area (Å²) in [6.07, 6.45) is -3.90. The molecule has 1 rings (SSSR count). The smallest absolute Gasteiger partial charge is 0.310 e. The molecule has 0 aliphatic carbocycles. The minimum absolute atomic E-state index is 0.437. The number of nitro groups is 1. The molecule has 1 aromatic rings. The zero-order chi connectivity index (χ0) is 13.9. The molecular weight excluding hydrogens is 257 g/mol. The number of esters is 1. The fraction of sp³-hybridized carbons (Fsp3) is 0.333. The van der Waals surface area contributed by atoms with Crippen molar-refractivity contribution in [1.82, 2.24) is 4.98 Å². The van der Waals surface area contributed by atoms with E-state index >= 15 is 0 Å². The summed E-state index contributed by atoms with van der Waals surface area (Å²) in [6.45, 7) is 0. The molecule has 0 amide bonds. The lowest BCUT2D eigenvalue weighted by molar-refractivity contribution is -0.385. The molecule has 0 spiro atoms. The quantitative estimate of drug-likeness (QED) is 0.358. The second-order valence-corrected chi connectivity index (χ2v) is 3.15. The Balaban J connectivity index is 3.31. The molecule has 0 N–H and O–H groups in total. The van der Waals surface area contributed by atoms with E-state index in [0.29, 0.717) is 6.07 Å². The summed E-state index contributed by atoms with van der Waals surface area (Å²) < 4.78 is 42.2. The average Bonchev–Trinajstić information content (AvgIpc) is 2.30. The van der Waals surface area contributed by atoms with Crippen molar-refractivity contribution in [3.8, 4) is 0 Å². The van der Waals surface area contributed by atoms with Gasteiger partial charge in [0.25, 0.3) is 12.1 Å². The fourth-order valence-electron chi connectivity index (χ4n) is 1.20. The number of ether oxygens (including phenoxy) is 1. The molecule has 0 fully saturated rings. The molecule has 0 saturated carbocycles. The van der Waals surface area contributed by atoms with Crippen molar-refractivity contribution in [3.63, 3.8) is 0 Å². The lowest BCUT2D eigenvalue weighted by Crippen LogP contribution is -2.11. The van der Waals surface area contributed by atoms with Gasteiger partial charge in [-0.3, -0.25) is 14.9 Å². The van der Waals surface area contributed by atoms with Crippen molar-refractivity contribution in [1.29, 1.82) is 0 Å². The van der Waals surface area contributed by atoms with Crippen LogP contribution in [0.5, 0.6) is 0 Å². The van der Waals surface area contributed by atoms with Crippen LogP contribution in [-0.2, 0) is 16.0 Å². The molecule has 0 saturated heterocycles. The second kappa shape index (κ2) is 5.43. The van der Waals surface area contributed by atoms with Crippen LogP contribution in [0, 0.1) is 16.1 Å². The summed E-state index contributed by atoms with van der Waals surface area (Å²) >= 11 is 0. The highest BCUT2D eigenvalue weighted by atomic mass is 19.3. The lowest BCUT2D eigenvalue weighted by atomic mass is 10.1.